The maximum absolute atomic E-state index is 4.45. The highest BCUT2D eigenvalue weighted by atomic mass is 15.1. The molecule has 0 aliphatic carbocycles. The summed E-state index contributed by atoms with van der Waals surface area (Å²) >= 11 is 0. The van der Waals surface area contributed by atoms with Gasteiger partial charge in [0.1, 0.15) is 5.82 Å². The van der Waals surface area contributed by atoms with Crippen LogP contribution in [0, 0.1) is 6.92 Å². The Labute approximate surface area is 88.8 Å². The molecule has 0 aromatic carbocycles. The second kappa shape index (κ2) is 4.21. The molecule has 0 atom stereocenters. The third-order valence-corrected chi connectivity index (χ3v) is 2.26. The maximum Gasteiger partial charge on any atom is 0.125 e. The lowest BCUT2D eigenvalue weighted by atomic mass is 10.1. The highest BCUT2D eigenvalue weighted by Gasteiger charge is 2.08. The van der Waals surface area contributed by atoms with E-state index in [4.69, 9.17) is 0 Å². The topological polar surface area (TPSA) is 54.5 Å². The van der Waals surface area contributed by atoms with E-state index < -0.39 is 0 Å². The smallest absolute Gasteiger partial charge is 0.125 e. The van der Waals surface area contributed by atoms with Gasteiger partial charge in [0.05, 0.1) is 11.4 Å². The van der Waals surface area contributed by atoms with E-state index in [0.717, 1.165) is 30.1 Å². The van der Waals surface area contributed by atoms with Crippen molar-refractivity contribution < 1.29 is 0 Å². The highest BCUT2D eigenvalue weighted by Crippen LogP contribution is 2.19. The summed E-state index contributed by atoms with van der Waals surface area (Å²) in [6.07, 6.45) is 5.73. The molecule has 0 aliphatic heterocycles. The first-order valence-corrected chi connectivity index (χ1v) is 5.13. The molecule has 0 spiro atoms. The molecule has 0 unspecified atom stereocenters. The average Bonchev–Trinajstić information content (AvgIpc) is 2.74. The predicted molar refractivity (Wildman–Crippen MR) is 58.3 cm³/mol. The summed E-state index contributed by atoms with van der Waals surface area (Å²) in [4.78, 5) is 8.67. The standard InChI is InChI=1S/C11H14N4/c1-3-4-9-7-12-8(2)14-11(9)10-5-6-13-15-10/h5-7H,3-4H2,1-2H3,(H,13,15). The number of rotatable bonds is 3. The van der Waals surface area contributed by atoms with Gasteiger partial charge in [0, 0.05) is 12.4 Å². The fourth-order valence-corrected chi connectivity index (χ4v) is 1.57. The Hall–Kier alpha value is -1.71. The van der Waals surface area contributed by atoms with Crippen LogP contribution in [-0.4, -0.2) is 20.2 Å². The van der Waals surface area contributed by atoms with E-state index in [1.807, 2.05) is 19.2 Å². The van der Waals surface area contributed by atoms with Gasteiger partial charge in [-0.25, -0.2) is 9.97 Å². The number of H-pyrrole nitrogens is 1. The second-order valence-electron chi connectivity index (χ2n) is 3.51. The molecule has 0 fully saturated rings. The Bertz CT molecular complexity index is 434. The van der Waals surface area contributed by atoms with Crippen LogP contribution >= 0.6 is 0 Å². The van der Waals surface area contributed by atoms with Gasteiger partial charge in [-0.1, -0.05) is 13.3 Å². The van der Waals surface area contributed by atoms with E-state index in [9.17, 15) is 0 Å². The van der Waals surface area contributed by atoms with Crippen LogP contribution in [0.25, 0.3) is 11.4 Å². The number of aryl methyl sites for hydroxylation is 2. The molecule has 0 aliphatic rings. The summed E-state index contributed by atoms with van der Waals surface area (Å²) in [5.41, 5.74) is 3.11. The number of aromatic nitrogens is 4. The quantitative estimate of drug-likeness (QED) is 0.829. The molecule has 0 saturated carbocycles. The summed E-state index contributed by atoms with van der Waals surface area (Å²) in [6.45, 7) is 4.05. The number of hydrogen-bond donors (Lipinski definition) is 1. The van der Waals surface area contributed by atoms with Crippen LogP contribution in [0.1, 0.15) is 24.7 Å². The van der Waals surface area contributed by atoms with Crippen LogP contribution in [0.2, 0.25) is 0 Å². The van der Waals surface area contributed by atoms with Gasteiger partial charge in [-0.2, -0.15) is 5.10 Å². The molecule has 0 saturated heterocycles. The van der Waals surface area contributed by atoms with Crippen molar-refractivity contribution in [2.75, 3.05) is 0 Å². The Balaban J connectivity index is 2.47. The van der Waals surface area contributed by atoms with E-state index in [2.05, 4.69) is 27.1 Å². The number of nitrogens with one attached hydrogen (secondary N) is 1. The van der Waals surface area contributed by atoms with Crippen molar-refractivity contribution in [3.63, 3.8) is 0 Å². The van der Waals surface area contributed by atoms with E-state index in [-0.39, 0.29) is 0 Å². The molecule has 2 aromatic rings. The van der Waals surface area contributed by atoms with E-state index in [0.29, 0.717) is 0 Å². The van der Waals surface area contributed by atoms with Crippen LogP contribution in [0.3, 0.4) is 0 Å². The first-order valence-electron chi connectivity index (χ1n) is 5.13. The SMILES string of the molecule is CCCc1cnc(C)nc1-c1ccn[nH]1. The van der Waals surface area contributed by atoms with E-state index in [1.165, 1.54) is 5.56 Å². The third-order valence-electron chi connectivity index (χ3n) is 2.26. The number of nitrogens with zero attached hydrogens (tertiary/aromatic N) is 3. The Morgan fingerprint density at radius 2 is 2.27 bits per heavy atom. The van der Waals surface area contributed by atoms with Gasteiger partial charge < -0.3 is 0 Å². The summed E-state index contributed by atoms with van der Waals surface area (Å²) in [5, 5.41) is 6.88. The molecule has 15 heavy (non-hydrogen) atoms. The molecule has 1 N–H and O–H groups in total. The van der Waals surface area contributed by atoms with Crippen molar-refractivity contribution in [3.8, 4) is 11.4 Å². The minimum absolute atomic E-state index is 0.791. The maximum atomic E-state index is 4.45. The van der Waals surface area contributed by atoms with Gasteiger partial charge in [-0.15, -0.1) is 0 Å². The second-order valence-corrected chi connectivity index (χ2v) is 3.51. The van der Waals surface area contributed by atoms with Crippen molar-refractivity contribution in [2.45, 2.75) is 26.7 Å². The molecule has 2 heterocycles. The first kappa shape index (κ1) is 9.83. The molecular weight excluding hydrogens is 188 g/mol. The fraction of sp³-hybridized carbons (Fsp3) is 0.364. The van der Waals surface area contributed by atoms with E-state index >= 15 is 0 Å². The molecule has 0 amide bonds. The van der Waals surface area contributed by atoms with Gasteiger partial charge in [-0.3, -0.25) is 5.10 Å². The molecule has 78 valence electrons. The molecule has 0 radical (unpaired) electrons. The highest BCUT2D eigenvalue weighted by molar-refractivity contribution is 5.57. The van der Waals surface area contributed by atoms with Gasteiger partial charge in [-0.05, 0) is 25.0 Å². The zero-order valence-corrected chi connectivity index (χ0v) is 8.99. The minimum Gasteiger partial charge on any atom is -0.276 e. The third kappa shape index (κ3) is 2.03. The summed E-state index contributed by atoms with van der Waals surface area (Å²) < 4.78 is 0. The van der Waals surface area contributed by atoms with Gasteiger partial charge in [0.15, 0.2) is 0 Å². The molecule has 0 bridgehead atoms. The lowest BCUT2D eigenvalue weighted by molar-refractivity contribution is 0.890. The molecule has 4 heteroatoms. The van der Waals surface area contributed by atoms with Crippen LogP contribution in [0.15, 0.2) is 18.5 Å². The first-order chi connectivity index (χ1) is 7.31. The Morgan fingerprint density at radius 3 is 2.93 bits per heavy atom. The van der Waals surface area contributed by atoms with Crippen molar-refractivity contribution in [3.05, 3.63) is 29.8 Å². The lowest BCUT2D eigenvalue weighted by Gasteiger charge is -2.05. The molecular formula is C11H14N4. The molecule has 4 nitrogen and oxygen atoms in total. The number of aromatic amines is 1. The summed E-state index contributed by atoms with van der Waals surface area (Å²) in [7, 11) is 0. The molecule has 2 rings (SSSR count). The monoisotopic (exact) mass is 202 g/mol. The zero-order valence-electron chi connectivity index (χ0n) is 8.99. The Morgan fingerprint density at radius 1 is 1.40 bits per heavy atom. The van der Waals surface area contributed by atoms with Crippen molar-refractivity contribution >= 4 is 0 Å². The molecule has 2 aromatic heterocycles. The van der Waals surface area contributed by atoms with Crippen molar-refractivity contribution in [1.29, 1.82) is 0 Å². The van der Waals surface area contributed by atoms with Crippen LogP contribution in [0.5, 0.6) is 0 Å². The largest absolute Gasteiger partial charge is 0.276 e. The van der Waals surface area contributed by atoms with Gasteiger partial charge in [0.25, 0.3) is 0 Å². The predicted octanol–water partition coefficient (Wildman–Crippen LogP) is 2.13. The minimum atomic E-state index is 0.791. The van der Waals surface area contributed by atoms with Crippen molar-refractivity contribution in [1.82, 2.24) is 20.2 Å². The number of hydrogen-bond acceptors (Lipinski definition) is 3. The van der Waals surface area contributed by atoms with Crippen LogP contribution in [-0.2, 0) is 6.42 Å². The Kier molecular flexibility index (Phi) is 2.76. The summed E-state index contributed by atoms with van der Waals surface area (Å²) in [6, 6.07) is 1.93. The average molecular weight is 202 g/mol. The summed E-state index contributed by atoms with van der Waals surface area (Å²) in [5.74, 6) is 0.791. The van der Waals surface area contributed by atoms with Crippen molar-refractivity contribution in [2.24, 2.45) is 0 Å². The van der Waals surface area contributed by atoms with Gasteiger partial charge in [0.2, 0.25) is 0 Å². The van der Waals surface area contributed by atoms with E-state index in [1.54, 1.807) is 6.20 Å². The fourth-order valence-electron chi connectivity index (χ4n) is 1.57. The normalized spacial score (nSPS) is 10.5. The van der Waals surface area contributed by atoms with Crippen LogP contribution in [0.4, 0.5) is 0 Å². The van der Waals surface area contributed by atoms with Crippen LogP contribution < -0.4 is 0 Å². The van der Waals surface area contributed by atoms with Gasteiger partial charge >= 0.3 is 0 Å². The zero-order chi connectivity index (χ0) is 10.7. The lowest BCUT2D eigenvalue weighted by Crippen LogP contribution is -1.98.